The largest absolute Gasteiger partial charge is 0.434 e. The maximum atomic E-state index is 12.3. The lowest BCUT2D eigenvalue weighted by molar-refractivity contribution is -0.0921. The molecule has 0 atom stereocenters. The van der Waals surface area contributed by atoms with E-state index in [9.17, 15) is 13.2 Å². The molecule has 2 nitrogen and oxygen atoms in total. The van der Waals surface area contributed by atoms with Gasteiger partial charge in [0.1, 0.15) is 0 Å². The number of alkyl halides is 3. The van der Waals surface area contributed by atoms with Crippen molar-refractivity contribution in [3.05, 3.63) is 47.3 Å². The van der Waals surface area contributed by atoms with Crippen LogP contribution in [0.1, 0.15) is 11.1 Å². The topological polar surface area (TPSA) is 26.5 Å². The Morgan fingerprint density at radius 3 is 2.19 bits per heavy atom. The molecule has 0 unspecified atom stereocenters. The Kier molecular flexibility index (Phi) is 2.46. The fraction of sp³-hybridized carbons (Fsp3) is 0.182. The van der Waals surface area contributed by atoms with Crippen molar-refractivity contribution < 1.29 is 13.2 Å². The van der Waals surface area contributed by atoms with Gasteiger partial charge in [-0.2, -0.15) is 13.2 Å². The highest BCUT2D eigenvalue weighted by Crippen LogP contribution is 2.28. The zero-order chi connectivity index (χ0) is 11.8. The summed E-state index contributed by atoms with van der Waals surface area (Å²) >= 11 is 0. The Labute approximate surface area is 90.5 Å². The van der Waals surface area contributed by atoms with Crippen LogP contribution < -0.4 is 5.32 Å². The van der Waals surface area contributed by atoms with Crippen molar-refractivity contribution in [1.29, 1.82) is 0 Å². The van der Waals surface area contributed by atoms with Crippen LogP contribution in [0.4, 0.5) is 13.2 Å². The van der Waals surface area contributed by atoms with Gasteiger partial charge in [-0.25, -0.2) is 10.3 Å². The first-order valence-corrected chi connectivity index (χ1v) is 4.61. The Bertz CT molecular complexity index is 455. The number of allylic oxidation sites excluding steroid dienone is 1. The van der Waals surface area contributed by atoms with Gasteiger partial charge in [-0.05, 0) is 6.92 Å². The first-order chi connectivity index (χ1) is 7.47. The van der Waals surface area contributed by atoms with Gasteiger partial charge >= 0.3 is 6.18 Å². The van der Waals surface area contributed by atoms with E-state index in [2.05, 4.69) is 10.3 Å². The minimum atomic E-state index is -4.43. The molecular formula is C11H8F3N2. The molecule has 0 amide bonds. The smallest absolute Gasteiger partial charge is 0.234 e. The Morgan fingerprint density at radius 2 is 1.69 bits per heavy atom. The van der Waals surface area contributed by atoms with E-state index in [1.807, 2.05) is 6.92 Å². The van der Waals surface area contributed by atoms with E-state index >= 15 is 0 Å². The van der Waals surface area contributed by atoms with E-state index in [1.165, 1.54) is 0 Å². The number of aryl methyl sites for hydroxylation is 1. The third kappa shape index (κ3) is 2.08. The second-order valence-electron chi connectivity index (χ2n) is 3.44. The summed E-state index contributed by atoms with van der Waals surface area (Å²) in [5.74, 6) is 0.104. The molecule has 1 heterocycles. The summed E-state index contributed by atoms with van der Waals surface area (Å²) in [6, 6.07) is 7.01. The third-order valence-corrected chi connectivity index (χ3v) is 2.14. The summed E-state index contributed by atoms with van der Waals surface area (Å²) in [7, 11) is 0. The zero-order valence-electron chi connectivity index (χ0n) is 8.42. The molecule has 1 aliphatic rings. The molecule has 1 radical (unpaired) electrons. The summed E-state index contributed by atoms with van der Waals surface area (Å²) in [5.41, 5.74) is 0.663. The molecule has 0 saturated heterocycles. The van der Waals surface area contributed by atoms with Crippen molar-refractivity contribution in [3.63, 3.8) is 0 Å². The van der Waals surface area contributed by atoms with Crippen LogP contribution in [-0.2, 0) is 0 Å². The van der Waals surface area contributed by atoms with Gasteiger partial charge in [-0.3, -0.25) is 0 Å². The fourth-order valence-electron chi connectivity index (χ4n) is 1.27. The van der Waals surface area contributed by atoms with Crippen LogP contribution in [0.5, 0.6) is 0 Å². The molecular weight excluding hydrogens is 217 g/mol. The lowest BCUT2D eigenvalue weighted by Crippen LogP contribution is -2.09. The molecule has 16 heavy (non-hydrogen) atoms. The molecule has 0 aliphatic carbocycles. The van der Waals surface area contributed by atoms with E-state index in [0.29, 0.717) is 5.56 Å². The van der Waals surface area contributed by atoms with Gasteiger partial charge < -0.3 is 0 Å². The average Bonchev–Trinajstić information content (AvgIpc) is 2.67. The van der Waals surface area contributed by atoms with E-state index in [4.69, 9.17) is 0 Å². The average molecular weight is 225 g/mol. The fourth-order valence-corrected chi connectivity index (χ4v) is 1.27. The quantitative estimate of drug-likeness (QED) is 0.702. The van der Waals surface area contributed by atoms with Gasteiger partial charge in [0.15, 0.2) is 11.5 Å². The van der Waals surface area contributed by atoms with Crippen molar-refractivity contribution in [1.82, 2.24) is 5.32 Å². The van der Waals surface area contributed by atoms with Gasteiger partial charge in [0.25, 0.3) is 0 Å². The molecule has 1 aliphatic heterocycles. The van der Waals surface area contributed by atoms with Gasteiger partial charge in [0.05, 0.1) is 6.20 Å². The summed E-state index contributed by atoms with van der Waals surface area (Å²) in [6.45, 7) is 1.90. The minimum absolute atomic E-state index is 0.104. The maximum absolute atomic E-state index is 12.3. The van der Waals surface area contributed by atoms with Crippen LogP contribution in [0, 0.1) is 6.92 Å². The second kappa shape index (κ2) is 3.66. The van der Waals surface area contributed by atoms with Gasteiger partial charge in [0.2, 0.25) is 0 Å². The van der Waals surface area contributed by atoms with Crippen molar-refractivity contribution in [2.24, 2.45) is 4.99 Å². The van der Waals surface area contributed by atoms with Crippen LogP contribution in [0.3, 0.4) is 0 Å². The van der Waals surface area contributed by atoms with Gasteiger partial charge in [0, 0.05) is 5.56 Å². The number of hydrogen-bond donors (Lipinski definition) is 0. The highest BCUT2D eigenvalue weighted by atomic mass is 19.4. The summed E-state index contributed by atoms with van der Waals surface area (Å²) < 4.78 is 36.8. The number of benzene rings is 1. The molecule has 0 spiro atoms. The molecule has 0 fully saturated rings. The van der Waals surface area contributed by atoms with Crippen LogP contribution in [0.15, 0.2) is 41.2 Å². The molecule has 1 aromatic rings. The highest BCUT2D eigenvalue weighted by Gasteiger charge is 2.36. The van der Waals surface area contributed by atoms with Crippen LogP contribution in [-0.4, -0.2) is 12.0 Å². The third-order valence-electron chi connectivity index (χ3n) is 2.14. The van der Waals surface area contributed by atoms with Crippen molar-refractivity contribution in [2.75, 3.05) is 0 Å². The first kappa shape index (κ1) is 10.7. The van der Waals surface area contributed by atoms with Gasteiger partial charge in [-0.1, -0.05) is 29.8 Å². The van der Waals surface area contributed by atoms with E-state index in [1.54, 1.807) is 24.3 Å². The summed E-state index contributed by atoms with van der Waals surface area (Å²) in [5, 5.41) is 3.65. The predicted molar refractivity (Wildman–Crippen MR) is 54.0 cm³/mol. The predicted octanol–water partition coefficient (Wildman–Crippen LogP) is 2.76. The van der Waals surface area contributed by atoms with Crippen LogP contribution >= 0.6 is 0 Å². The van der Waals surface area contributed by atoms with E-state index in [0.717, 1.165) is 11.8 Å². The Hall–Kier alpha value is -1.78. The maximum Gasteiger partial charge on any atom is 0.434 e. The lowest BCUT2D eigenvalue weighted by atomic mass is 10.1. The number of nitrogens with zero attached hydrogens (tertiary/aromatic N) is 2. The molecule has 0 aromatic heterocycles. The molecule has 0 saturated carbocycles. The number of amidine groups is 1. The monoisotopic (exact) mass is 225 g/mol. The highest BCUT2D eigenvalue weighted by molar-refractivity contribution is 6.01. The van der Waals surface area contributed by atoms with Crippen LogP contribution in [0.2, 0.25) is 0 Å². The number of rotatable bonds is 1. The van der Waals surface area contributed by atoms with Crippen LogP contribution in [0.25, 0.3) is 0 Å². The number of hydrogen-bond acceptors (Lipinski definition) is 1. The normalized spacial score (nSPS) is 15.5. The van der Waals surface area contributed by atoms with Crippen molar-refractivity contribution in [3.8, 4) is 0 Å². The second-order valence-corrected chi connectivity index (χ2v) is 3.44. The molecule has 1 aromatic carbocycles. The summed E-state index contributed by atoms with van der Waals surface area (Å²) in [6.07, 6.45) is -3.69. The molecule has 0 N–H and O–H groups in total. The molecule has 2 rings (SSSR count). The van der Waals surface area contributed by atoms with E-state index < -0.39 is 11.9 Å². The number of halogens is 3. The Balaban J connectivity index is 2.24. The summed E-state index contributed by atoms with van der Waals surface area (Å²) in [4.78, 5) is 3.45. The van der Waals surface area contributed by atoms with Crippen molar-refractivity contribution in [2.45, 2.75) is 13.1 Å². The zero-order valence-corrected chi connectivity index (χ0v) is 8.42. The lowest BCUT2D eigenvalue weighted by Gasteiger charge is -2.02. The standard InChI is InChI=1S/C11H8F3N2/c1-7-2-4-8(5-3-7)10-15-6-9(16-10)11(12,13)14/h2-6H,1H3. The first-order valence-electron chi connectivity index (χ1n) is 4.61. The molecule has 83 valence electrons. The molecule has 0 bridgehead atoms. The SMILES string of the molecule is Cc1ccc(C2=NC(C(F)(F)F)=C[N]2)cc1. The van der Waals surface area contributed by atoms with Crippen molar-refractivity contribution >= 4 is 5.84 Å². The van der Waals surface area contributed by atoms with Gasteiger partial charge in [-0.15, -0.1) is 0 Å². The molecule has 5 heteroatoms. The Morgan fingerprint density at radius 1 is 1.06 bits per heavy atom. The number of aliphatic imine (C=N–C) groups is 1. The van der Waals surface area contributed by atoms with E-state index in [-0.39, 0.29) is 5.84 Å². The minimum Gasteiger partial charge on any atom is -0.234 e.